The van der Waals surface area contributed by atoms with E-state index in [4.69, 9.17) is 23.2 Å². The van der Waals surface area contributed by atoms with Crippen LogP contribution in [-0.4, -0.2) is 19.4 Å². The molecule has 2 aromatic carbocycles. The van der Waals surface area contributed by atoms with Crippen LogP contribution >= 0.6 is 23.2 Å². The van der Waals surface area contributed by atoms with Crippen molar-refractivity contribution in [3.8, 4) is 11.8 Å². The number of nitrogens with one attached hydrogen (secondary N) is 2. The fraction of sp³-hybridized carbons (Fsp3) is 0. The van der Waals surface area contributed by atoms with Gasteiger partial charge in [-0.1, -0.05) is 35.0 Å². The summed E-state index contributed by atoms with van der Waals surface area (Å²) in [6.07, 6.45) is 3.02. The third-order valence-electron chi connectivity index (χ3n) is 4.01. The maximum absolute atomic E-state index is 14.9. The van der Waals surface area contributed by atoms with Crippen molar-refractivity contribution in [2.24, 2.45) is 0 Å². The molecule has 0 aliphatic rings. The van der Waals surface area contributed by atoms with Crippen molar-refractivity contribution in [2.45, 2.75) is 4.90 Å². The van der Waals surface area contributed by atoms with Gasteiger partial charge in [0.2, 0.25) is 0 Å². The zero-order valence-electron chi connectivity index (χ0n) is 14.8. The van der Waals surface area contributed by atoms with Gasteiger partial charge in [-0.15, -0.1) is 0 Å². The van der Waals surface area contributed by atoms with Gasteiger partial charge in [-0.05, 0) is 36.4 Å². The number of rotatable bonds is 3. The number of aromatic nitrogens is 3. The Bertz CT molecular complexity index is 1360. The molecule has 0 bridgehead atoms. The standard InChI is InChI=1S/C20H10Cl2F2N4OS/c21-13-2-4-15(22)18(8-13)30(29)28-17-6-5-16(23)14(19(17)24)3-1-11-7-12-10-26-27-20(12)25-9-11/h2,4-10,28H,(H,25,26,27). The topological polar surface area (TPSA) is 70.7 Å². The van der Waals surface area contributed by atoms with Crippen molar-refractivity contribution < 1.29 is 13.0 Å². The lowest BCUT2D eigenvalue weighted by Crippen LogP contribution is -2.08. The van der Waals surface area contributed by atoms with Gasteiger partial charge in [0.15, 0.2) is 22.5 Å². The van der Waals surface area contributed by atoms with Crippen LogP contribution in [0.25, 0.3) is 11.0 Å². The summed E-state index contributed by atoms with van der Waals surface area (Å²) in [6.45, 7) is 0. The van der Waals surface area contributed by atoms with E-state index in [0.717, 1.165) is 12.1 Å². The molecular formula is C20H10Cl2F2N4OS. The molecule has 4 rings (SSSR count). The van der Waals surface area contributed by atoms with E-state index in [2.05, 4.69) is 31.7 Å². The second-order valence-corrected chi connectivity index (χ2v) is 8.04. The van der Waals surface area contributed by atoms with Crippen molar-refractivity contribution in [3.05, 3.63) is 81.6 Å². The molecule has 5 nitrogen and oxygen atoms in total. The highest BCUT2D eigenvalue weighted by molar-refractivity contribution is 7.86. The molecule has 2 N–H and O–H groups in total. The van der Waals surface area contributed by atoms with Crippen molar-refractivity contribution in [2.75, 3.05) is 4.72 Å². The van der Waals surface area contributed by atoms with Gasteiger partial charge in [-0.2, -0.15) is 5.10 Å². The van der Waals surface area contributed by atoms with Gasteiger partial charge in [-0.3, -0.25) is 9.82 Å². The molecule has 0 spiro atoms. The largest absolute Gasteiger partial charge is 0.298 e. The molecule has 4 aromatic rings. The zero-order chi connectivity index (χ0) is 21.3. The highest BCUT2D eigenvalue weighted by Crippen LogP contribution is 2.27. The van der Waals surface area contributed by atoms with E-state index in [-0.39, 0.29) is 15.6 Å². The Morgan fingerprint density at radius 1 is 1.07 bits per heavy atom. The summed E-state index contributed by atoms with van der Waals surface area (Å²) in [5, 5.41) is 7.78. The number of benzene rings is 2. The van der Waals surface area contributed by atoms with Crippen LogP contribution in [0.4, 0.5) is 14.5 Å². The van der Waals surface area contributed by atoms with Crippen LogP contribution in [0.15, 0.2) is 53.7 Å². The number of hydrogen-bond donors (Lipinski definition) is 2. The number of hydrogen-bond acceptors (Lipinski definition) is 3. The summed E-state index contributed by atoms with van der Waals surface area (Å²) in [6, 6.07) is 8.25. The summed E-state index contributed by atoms with van der Waals surface area (Å²) in [4.78, 5) is 4.29. The first-order valence-corrected chi connectivity index (χ1v) is 10.3. The van der Waals surface area contributed by atoms with Crippen LogP contribution in [0.1, 0.15) is 11.1 Å². The first-order valence-electron chi connectivity index (χ1n) is 8.35. The number of fused-ring (bicyclic) bond motifs is 1. The van der Waals surface area contributed by atoms with Gasteiger partial charge in [0.25, 0.3) is 0 Å². The van der Waals surface area contributed by atoms with Crippen molar-refractivity contribution in [1.29, 1.82) is 0 Å². The number of halogens is 4. The summed E-state index contributed by atoms with van der Waals surface area (Å²) < 4.78 is 44.1. The molecule has 150 valence electrons. The normalized spacial score (nSPS) is 11.7. The first kappa shape index (κ1) is 20.3. The summed E-state index contributed by atoms with van der Waals surface area (Å²) in [7, 11) is -1.93. The minimum Gasteiger partial charge on any atom is -0.298 e. The Labute approximate surface area is 182 Å². The molecule has 0 saturated carbocycles. The number of pyridine rings is 1. The second kappa shape index (κ2) is 8.40. The molecule has 0 aliphatic heterocycles. The van der Waals surface area contributed by atoms with E-state index < -0.39 is 28.2 Å². The molecule has 0 fully saturated rings. The van der Waals surface area contributed by atoms with Gasteiger partial charge in [-0.25, -0.2) is 18.0 Å². The van der Waals surface area contributed by atoms with Gasteiger partial charge < -0.3 is 0 Å². The number of aromatic amines is 1. The summed E-state index contributed by atoms with van der Waals surface area (Å²) in [5.74, 6) is 3.32. The molecule has 0 amide bonds. The van der Waals surface area contributed by atoms with Gasteiger partial charge >= 0.3 is 0 Å². The Morgan fingerprint density at radius 3 is 2.73 bits per heavy atom. The maximum atomic E-state index is 14.9. The number of nitrogens with zero attached hydrogens (tertiary/aromatic N) is 2. The highest BCUT2D eigenvalue weighted by atomic mass is 35.5. The van der Waals surface area contributed by atoms with Crippen LogP contribution in [0.2, 0.25) is 10.0 Å². The average Bonchev–Trinajstić information content (AvgIpc) is 3.19. The minimum absolute atomic E-state index is 0.167. The third-order valence-corrected chi connectivity index (χ3v) is 5.83. The Morgan fingerprint density at radius 2 is 1.90 bits per heavy atom. The Kier molecular flexibility index (Phi) is 5.68. The Balaban J connectivity index is 1.65. The minimum atomic E-state index is -1.93. The summed E-state index contributed by atoms with van der Waals surface area (Å²) >= 11 is 11.9. The van der Waals surface area contributed by atoms with Crippen LogP contribution in [0.3, 0.4) is 0 Å². The van der Waals surface area contributed by atoms with E-state index in [9.17, 15) is 13.0 Å². The van der Waals surface area contributed by atoms with Gasteiger partial charge in [0.1, 0.15) is 5.82 Å². The smallest absolute Gasteiger partial charge is 0.165 e. The number of anilines is 1. The van der Waals surface area contributed by atoms with E-state index in [0.29, 0.717) is 21.6 Å². The Hall–Kier alpha value is -2.99. The van der Waals surface area contributed by atoms with Crippen molar-refractivity contribution in [3.63, 3.8) is 0 Å². The third kappa shape index (κ3) is 4.14. The van der Waals surface area contributed by atoms with Crippen molar-refractivity contribution in [1.82, 2.24) is 15.2 Å². The molecule has 1 atom stereocenters. The lowest BCUT2D eigenvalue weighted by molar-refractivity contribution is 0.580. The first-order chi connectivity index (χ1) is 14.4. The molecule has 2 aromatic heterocycles. The van der Waals surface area contributed by atoms with Gasteiger partial charge in [0.05, 0.1) is 27.4 Å². The second-order valence-electron chi connectivity index (χ2n) is 6.01. The molecule has 2 heterocycles. The lowest BCUT2D eigenvalue weighted by Gasteiger charge is -2.10. The maximum Gasteiger partial charge on any atom is 0.165 e. The van der Waals surface area contributed by atoms with Gasteiger partial charge in [0, 0.05) is 22.2 Å². The lowest BCUT2D eigenvalue weighted by atomic mass is 10.1. The summed E-state index contributed by atoms with van der Waals surface area (Å²) in [5.41, 5.74) is 0.363. The molecule has 10 heteroatoms. The predicted octanol–water partition coefficient (Wildman–Crippen LogP) is 5.08. The quantitative estimate of drug-likeness (QED) is 0.417. The molecule has 30 heavy (non-hydrogen) atoms. The zero-order valence-corrected chi connectivity index (χ0v) is 17.2. The highest BCUT2D eigenvalue weighted by Gasteiger charge is 2.16. The molecular weight excluding hydrogens is 453 g/mol. The molecule has 1 unspecified atom stereocenters. The fourth-order valence-corrected chi connectivity index (χ4v) is 4.07. The monoisotopic (exact) mass is 462 g/mol. The van der Waals surface area contributed by atoms with Crippen molar-refractivity contribution >= 4 is 50.9 Å². The predicted molar refractivity (Wildman–Crippen MR) is 113 cm³/mol. The number of H-pyrrole nitrogens is 1. The van der Waals surface area contributed by atoms with E-state index >= 15 is 0 Å². The fourth-order valence-electron chi connectivity index (χ4n) is 2.56. The molecule has 0 radical (unpaired) electrons. The molecule has 0 aliphatic carbocycles. The van der Waals surface area contributed by atoms with E-state index in [1.54, 1.807) is 12.3 Å². The van der Waals surface area contributed by atoms with Crippen LogP contribution in [-0.2, 0) is 11.0 Å². The van der Waals surface area contributed by atoms with E-state index in [1.165, 1.54) is 24.4 Å². The molecule has 0 saturated heterocycles. The van der Waals surface area contributed by atoms with Crippen LogP contribution < -0.4 is 4.72 Å². The van der Waals surface area contributed by atoms with E-state index in [1.807, 2.05) is 0 Å². The van der Waals surface area contributed by atoms with Crippen LogP contribution in [0, 0.1) is 23.5 Å². The average molecular weight is 463 g/mol. The SMILES string of the molecule is O=S(Nc1ccc(F)c(C#Cc2cnc3[nH]ncc3c2)c1F)c1cc(Cl)ccc1Cl. The van der Waals surface area contributed by atoms with Crippen LogP contribution in [0.5, 0.6) is 0 Å².